The van der Waals surface area contributed by atoms with Gasteiger partial charge in [0.15, 0.2) is 0 Å². The molecule has 2 aromatic carbocycles. The molecule has 246 valence electrons. The van der Waals surface area contributed by atoms with E-state index in [1.165, 1.54) is 4.31 Å². The van der Waals surface area contributed by atoms with E-state index in [9.17, 15) is 18.0 Å². The molecule has 0 spiro atoms. The fourth-order valence-electron chi connectivity index (χ4n) is 5.42. The number of carbonyl (C=O) groups excluding carboxylic acids is 2. The van der Waals surface area contributed by atoms with E-state index in [2.05, 4.69) is 24.5 Å². The van der Waals surface area contributed by atoms with Crippen LogP contribution in [0.2, 0.25) is 0 Å². The molecule has 0 unspecified atom stereocenters. The minimum atomic E-state index is -3.90. The van der Waals surface area contributed by atoms with Crippen molar-refractivity contribution < 1.29 is 18.0 Å². The molecule has 0 aromatic heterocycles. The predicted molar refractivity (Wildman–Crippen MR) is 179 cm³/mol. The summed E-state index contributed by atoms with van der Waals surface area (Å²) >= 11 is 0. The Balaban J connectivity index is 2.26. The second-order valence-corrected chi connectivity index (χ2v) is 14.3. The number of rotatable bonds is 22. The van der Waals surface area contributed by atoms with Gasteiger partial charge < -0.3 is 22.1 Å². The van der Waals surface area contributed by atoms with Crippen molar-refractivity contribution in [3.05, 3.63) is 71.8 Å². The number of nitrogens with one attached hydrogen (secondary N) is 2. The van der Waals surface area contributed by atoms with Gasteiger partial charge in [0.2, 0.25) is 21.8 Å². The van der Waals surface area contributed by atoms with Crippen molar-refractivity contribution in [2.75, 3.05) is 26.2 Å². The maximum Gasteiger partial charge on any atom is 0.235 e. The number of hydrogen-bond donors (Lipinski definition) is 4. The van der Waals surface area contributed by atoms with E-state index in [0.717, 1.165) is 44.1 Å². The lowest BCUT2D eigenvalue weighted by atomic mass is 9.91. The van der Waals surface area contributed by atoms with Gasteiger partial charge in [0.25, 0.3) is 0 Å². The van der Waals surface area contributed by atoms with E-state index < -0.39 is 16.1 Å². The van der Waals surface area contributed by atoms with Crippen LogP contribution in [0.5, 0.6) is 0 Å². The number of unbranched alkanes of at least 4 members (excludes halogenated alkanes) is 2. The number of hydrogen-bond acceptors (Lipinski definition) is 6. The Bertz CT molecular complexity index is 1190. The molecule has 0 aliphatic heterocycles. The molecule has 44 heavy (non-hydrogen) atoms. The van der Waals surface area contributed by atoms with Crippen LogP contribution < -0.4 is 22.1 Å². The van der Waals surface area contributed by atoms with Crippen molar-refractivity contribution in [1.82, 2.24) is 14.9 Å². The highest BCUT2D eigenvalue weighted by atomic mass is 32.2. The molecule has 0 fully saturated rings. The molecule has 0 radical (unpaired) electrons. The molecule has 10 heteroatoms. The molecule has 0 saturated heterocycles. The van der Waals surface area contributed by atoms with Gasteiger partial charge in [-0.1, -0.05) is 87.4 Å². The summed E-state index contributed by atoms with van der Waals surface area (Å²) in [5, 5.41) is 6.14. The summed E-state index contributed by atoms with van der Waals surface area (Å²) in [5.74, 6) is -0.538. The topological polar surface area (TPSA) is 148 Å². The molecule has 0 aliphatic rings. The third-order valence-corrected chi connectivity index (χ3v) is 9.37. The second kappa shape index (κ2) is 20.3. The maximum atomic E-state index is 13.8. The number of benzene rings is 2. The molecule has 2 aromatic rings. The van der Waals surface area contributed by atoms with E-state index >= 15 is 0 Å². The molecule has 2 rings (SSSR count). The van der Waals surface area contributed by atoms with Crippen molar-refractivity contribution in [3.8, 4) is 0 Å². The predicted octanol–water partition coefficient (Wildman–Crippen LogP) is 3.97. The van der Waals surface area contributed by atoms with Crippen molar-refractivity contribution >= 4 is 21.8 Å². The first-order chi connectivity index (χ1) is 21.0. The number of nitrogens with two attached hydrogens (primary N) is 2. The quantitative estimate of drug-likeness (QED) is 0.145. The first kappa shape index (κ1) is 37.4. The van der Waals surface area contributed by atoms with Crippen LogP contribution in [0.3, 0.4) is 0 Å². The zero-order valence-electron chi connectivity index (χ0n) is 26.9. The zero-order valence-corrected chi connectivity index (χ0v) is 27.7. The van der Waals surface area contributed by atoms with E-state index in [-0.39, 0.29) is 42.6 Å². The van der Waals surface area contributed by atoms with Gasteiger partial charge in [0.1, 0.15) is 0 Å². The lowest BCUT2D eigenvalue weighted by Crippen LogP contribution is -2.51. The highest BCUT2D eigenvalue weighted by Gasteiger charge is 2.30. The van der Waals surface area contributed by atoms with Gasteiger partial charge in [-0.3, -0.25) is 9.59 Å². The lowest BCUT2D eigenvalue weighted by Gasteiger charge is -2.29. The Morgan fingerprint density at radius 1 is 0.795 bits per heavy atom. The van der Waals surface area contributed by atoms with Crippen LogP contribution in [0.15, 0.2) is 60.7 Å². The van der Waals surface area contributed by atoms with Crippen LogP contribution >= 0.6 is 0 Å². The molecule has 3 atom stereocenters. The van der Waals surface area contributed by atoms with E-state index in [1.807, 2.05) is 43.3 Å². The first-order valence-electron chi connectivity index (χ1n) is 16.1. The SMILES string of the molecule is CC(C)C[C@@H](CCCCN)C(=O)N[C@@H](CCCCN)CN(CC(=O)N[C@H](C)Cc1ccccc1)S(=O)(=O)Cc1ccccc1. The molecule has 2 amide bonds. The van der Waals surface area contributed by atoms with E-state index in [1.54, 1.807) is 24.3 Å². The first-order valence-corrected chi connectivity index (χ1v) is 17.7. The highest BCUT2D eigenvalue weighted by Crippen LogP contribution is 2.20. The van der Waals surface area contributed by atoms with E-state index in [4.69, 9.17) is 11.5 Å². The summed E-state index contributed by atoms with van der Waals surface area (Å²) < 4.78 is 28.9. The van der Waals surface area contributed by atoms with Crippen LogP contribution in [0, 0.1) is 11.8 Å². The largest absolute Gasteiger partial charge is 0.352 e. The normalized spacial score (nSPS) is 13.9. The number of sulfonamides is 1. The Kier molecular flexibility index (Phi) is 17.2. The van der Waals surface area contributed by atoms with Crippen LogP contribution in [-0.2, 0) is 31.8 Å². The Hall–Kier alpha value is -2.79. The summed E-state index contributed by atoms with van der Waals surface area (Å²) in [7, 11) is -3.90. The summed E-state index contributed by atoms with van der Waals surface area (Å²) in [5.41, 5.74) is 13.2. The van der Waals surface area contributed by atoms with Crippen LogP contribution in [0.25, 0.3) is 0 Å². The average Bonchev–Trinajstić information content (AvgIpc) is 2.97. The smallest absolute Gasteiger partial charge is 0.235 e. The number of nitrogens with zero attached hydrogens (tertiary/aromatic N) is 1. The zero-order chi connectivity index (χ0) is 32.4. The van der Waals surface area contributed by atoms with Crippen molar-refractivity contribution in [2.45, 2.75) is 90.0 Å². The monoisotopic (exact) mass is 629 g/mol. The van der Waals surface area contributed by atoms with Crippen LogP contribution in [-0.4, -0.2) is 62.8 Å². The third kappa shape index (κ3) is 14.8. The fourth-order valence-corrected chi connectivity index (χ4v) is 6.94. The summed E-state index contributed by atoms with van der Waals surface area (Å²) in [6.07, 6.45) is 5.86. The summed E-state index contributed by atoms with van der Waals surface area (Å²) in [4.78, 5) is 26.8. The van der Waals surface area contributed by atoms with Gasteiger partial charge in [-0.2, -0.15) is 4.31 Å². The Morgan fingerprint density at radius 3 is 1.93 bits per heavy atom. The van der Waals surface area contributed by atoms with Gasteiger partial charge in [-0.25, -0.2) is 8.42 Å². The van der Waals surface area contributed by atoms with E-state index in [0.29, 0.717) is 37.4 Å². The second-order valence-electron chi connectivity index (χ2n) is 12.3. The third-order valence-electron chi connectivity index (χ3n) is 7.61. The molecular weight excluding hydrogens is 574 g/mol. The van der Waals surface area contributed by atoms with Gasteiger partial charge in [-0.05, 0) is 75.6 Å². The molecule has 0 heterocycles. The minimum absolute atomic E-state index is 0.00314. The van der Waals surface area contributed by atoms with Crippen molar-refractivity contribution in [2.24, 2.45) is 23.3 Å². The van der Waals surface area contributed by atoms with Gasteiger partial charge in [0.05, 0.1) is 12.3 Å². The lowest BCUT2D eigenvalue weighted by molar-refractivity contribution is -0.126. The van der Waals surface area contributed by atoms with Gasteiger partial charge in [-0.15, -0.1) is 0 Å². The standard InChI is InChI=1S/C34H55N5O4S/c1-27(2)22-31(18-10-12-20-35)34(41)38-32(19-11-13-21-36)24-39(44(42,43)26-30-16-8-5-9-17-30)25-33(40)37-28(3)23-29-14-6-4-7-15-29/h4-9,14-17,27-28,31-32H,10-13,18-26,35-36H2,1-3H3,(H,37,40)(H,38,41)/t28-,31-,32+/m1/s1. The summed E-state index contributed by atoms with van der Waals surface area (Å²) in [6, 6.07) is 18.1. The number of carbonyl (C=O) groups is 2. The van der Waals surface area contributed by atoms with Gasteiger partial charge >= 0.3 is 0 Å². The fraction of sp³-hybridized carbons (Fsp3) is 0.588. The molecule has 0 aliphatic carbocycles. The molecular formula is C34H55N5O4S. The van der Waals surface area contributed by atoms with Crippen LogP contribution in [0.1, 0.15) is 76.8 Å². The molecule has 0 bridgehead atoms. The summed E-state index contributed by atoms with van der Waals surface area (Å²) in [6.45, 7) is 6.86. The molecule has 6 N–H and O–H groups in total. The Morgan fingerprint density at radius 2 is 1.36 bits per heavy atom. The van der Waals surface area contributed by atoms with Crippen molar-refractivity contribution in [3.63, 3.8) is 0 Å². The average molecular weight is 630 g/mol. The van der Waals surface area contributed by atoms with Gasteiger partial charge in [0, 0.05) is 24.5 Å². The molecule has 0 saturated carbocycles. The maximum absolute atomic E-state index is 13.8. The Labute approximate surface area is 265 Å². The number of amides is 2. The molecule has 9 nitrogen and oxygen atoms in total. The van der Waals surface area contributed by atoms with Crippen molar-refractivity contribution in [1.29, 1.82) is 0 Å². The van der Waals surface area contributed by atoms with Crippen LogP contribution in [0.4, 0.5) is 0 Å². The minimum Gasteiger partial charge on any atom is -0.352 e. The highest BCUT2D eigenvalue weighted by molar-refractivity contribution is 7.88.